The molecule has 9 heteroatoms. The number of hydrogen-bond donors (Lipinski definition) is 4. The zero-order chi connectivity index (χ0) is 24.9. The molecule has 1 aromatic carbocycles. The van der Waals surface area contributed by atoms with E-state index in [0.717, 1.165) is 12.5 Å². The molecular formula is C25H32O9. The number of esters is 2. The SMILES string of the molecule is CC[C@H](C)CC(=O)O[C@H]1OC=C(CO)[C@@H]2C[C@@H](O)[C@@](O)(COC(=O)C=Cc3ccc(O)cc3)[C@H]12. The molecule has 1 aliphatic heterocycles. The fraction of sp³-hybridized carbons (Fsp3) is 0.520. The van der Waals surface area contributed by atoms with Crippen molar-refractivity contribution in [2.45, 2.75) is 51.1 Å². The number of rotatable bonds is 9. The lowest BCUT2D eigenvalue weighted by Crippen LogP contribution is -2.54. The van der Waals surface area contributed by atoms with Crippen molar-refractivity contribution < 1.29 is 44.2 Å². The van der Waals surface area contributed by atoms with Crippen LogP contribution in [0, 0.1) is 17.8 Å². The van der Waals surface area contributed by atoms with Crippen LogP contribution in [0.4, 0.5) is 0 Å². The Hall–Kier alpha value is -2.88. The smallest absolute Gasteiger partial charge is 0.330 e. The summed E-state index contributed by atoms with van der Waals surface area (Å²) in [6.07, 6.45) is 2.48. The highest BCUT2D eigenvalue weighted by Gasteiger charge is 2.61. The minimum Gasteiger partial charge on any atom is -0.508 e. The third-order valence-electron chi connectivity index (χ3n) is 6.58. The molecule has 0 spiro atoms. The predicted octanol–water partition coefficient (Wildman–Crippen LogP) is 1.89. The predicted molar refractivity (Wildman–Crippen MR) is 121 cm³/mol. The van der Waals surface area contributed by atoms with Gasteiger partial charge in [0.05, 0.1) is 24.9 Å². The monoisotopic (exact) mass is 476 g/mol. The zero-order valence-corrected chi connectivity index (χ0v) is 19.3. The van der Waals surface area contributed by atoms with E-state index in [0.29, 0.717) is 11.1 Å². The Morgan fingerprint density at radius 1 is 1.29 bits per heavy atom. The summed E-state index contributed by atoms with van der Waals surface area (Å²) in [5, 5.41) is 41.1. The van der Waals surface area contributed by atoms with E-state index in [2.05, 4.69) is 0 Å². The van der Waals surface area contributed by atoms with Crippen LogP contribution in [0.2, 0.25) is 0 Å². The van der Waals surface area contributed by atoms with Crippen molar-refractivity contribution in [3.63, 3.8) is 0 Å². The fourth-order valence-electron chi connectivity index (χ4n) is 4.33. The number of ether oxygens (including phenoxy) is 3. The molecule has 1 heterocycles. The van der Waals surface area contributed by atoms with E-state index in [9.17, 15) is 30.0 Å². The molecule has 34 heavy (non-hydrogen) atoms. The van der Waals surface area contributed by atoms with Crippen molar-refractivity contribution >= 4 is 18.0 Å². The normalized spacial score (nSPS) is 29.1. The summed E-state index contributed by atoms with van der Waals surface area (Å²) in [4.78, 5) is 24.7. The average molecular weight is 477 g/mol. The number of carbonyl (C=O) groups is 2. The topological polar surface area (TPSA) is 143 Å². The maximum Gasteiger partial charge on any atom is 0.330 e. The average Bonchev–Trinajstić information content (AvgIpc) is 3.08. The lowest BCUT2D eigenvalue weighted by Gasteiger charge is -2.40. The first-order valence-corrected chi connectivity index (χ1v) is 11.4. The van der Waals surface area contributed by atoms with Crippen molar-refractivity contribution in [3.8, 4) is 5.75 Å². The van der Waals surface area contributed by atoms with Crippen LogP contribution in [-0.2, 0) is 23.8 Å². The number of phenolic OH excluding ortho intramolecular Hbond substituents is 1. The Bertz CT molecular complexity index is 923. The Morgan fingerprint density at radius 3 is 2.65 bits per heavy atom. The zero-order valence-electron chi connectivity index (χ0n) is 19.3. The van der Waals surface area contributed by atoms with Gasteiger partial charge < -0.3 is 34.6 Å². The van der Waals surface area contributed by atoms with Crippen LogP contribution >= 0.6 is 0 Å². The minimum atomic E-state index is -1.96. The molecule has 186 valence electrons. The van der Waals surface area contributed by atoms with E-state index in [1.54, 1.807) is 12.1 Å². The number of aliphatic hydroxyl groups excluding tert-OH is 2. The van der Waals surface area contributed by atoms with E-state index in [1.165, 1.54) is 24.5 Å². The molecule has 0 unspecified atom stereocenters. The van der Waals surface area contributed by atoms with Crippen LogP contribution < -0.4 is 0 Å². The van der Waals surface area contributed by atoms with Gasteiger partial charge in [0.25, 0.3) is 0 Å². The third-order valence-corrected chi connectivity index (χ3v) is 6.58. The van der Waals surface area contributed by atoms with Crippen molar-refractivity contribution in [3.05, 3.63) is 47.7 Å². The number of fused-ring (bicyclic) bond motifs is 1. The number of hydrogen-bond acceptors (Lipinski definition) is 9. The van der Waals surface area contributed by atoms with Crippen molar-refractivity contribution in [2.24, 2.45) is 17.8 Å². The van der Waals surface area contributed by atoms with Crippen LogP contribution in [0.1, 0.15) is 38.7 Å². The quantitative estimate of drug-likeness (QED) is 0.310. The molecule has 0 saturated heterocycles. The van der Waals surface area contributed by atoms with Crippen molar-refractivity contribution in [1.29, 1.82) is 0 Å². The standard InChI is InChI=1S/C25H32O9/c1-3-15(2)10-22(30)34-24-23-19(17(12-26)13-32-24)11-20(28)25(23,31)14-33-21(29)9-6-16-4-7-18(27)8-5-16/h4-9,13,15,19-20,23-24,26-28,31H,3,10-12,14H2,1-2H3/t15-,19-,20+,23-,24+,25-/m0/s1. The molecule has 0 bridgehead atoms. The second-order valence-corrected chi connectivity index (χ2v) is 8.97. The molecule has 9 nitrogen and oxygen atoms in total. The Morgan fingerprint density at radius 2 is 2.00 bits per heavy atom. The van der Waals surface area contributed by atoms with Crippen LogP contribution in [0.3, 0.4) is 0 Å². The van der Waals surface area contributed by atoms with Gasteiger partial charge in [0, 0.05) is 18.4 Å². The molecular weight excluding hydrogens is 444 g/mol. The first-order valence-electron chi connectivity index (χ1n) is 11.4. The van der Waals surface area contributed by atoms with Gasteiger partial charge in [0.1, 0.15) is 18.0 Å². The van der Waals surface area contributed by atoms with E-state index in [4.69, 9.17) is 14.2 Å². The summed E-state index contributed by atoms with van der Waals surface area (Å²) < 4.78 is 16.3. The van der Waals surface area contributed by atoms with Crippen molar-refractivity contribution in [1.82, 2.24) is 0 Å². The minimum absolute atomic E-state index is 0.0806. The highest BCUT2D eigenvalue weighted by molar-refractivity contribution is 5.87. The number of phenols is 1. The molecule has 1 fully saturated rings. The molecule has 2 aliphatic rings. The fourth-order valence-corrected chi connectivity index (χ4v) is 4.33. The molecule has 6 atom stereocenters. The second kappa shape index (κ2) is 11.0. The van der Waals surface area contributed by atoms with Crippen LogP contribution in [0.25, 0.3) is 6.08 Å². The highest BCUT2D eigenvalue weighted by Crippen LogP contribution is 2.49. The first-order chi connectivity index (χ1) is 16.2. The Labute approximate surface area is 198 Å². The van der Waals surface area contributed by atoms with Crippen LogP contribution in [0.5, 0.6) is 5.75 Å². The van der Waals surface area contributed by atoms with Crippen molar-refractivity contribution in [2.75, 3.05) is 13.2 Å². The molecule has 1 aliphatic carbocycles. The van der Waals surface area contributed by atoms with Gasteiger partial charge in [0.2, 0.25) is 6.29 Å². The molecule has 0 radical (unpaired) electrons. The lowest BCUT2D eigenvalue weighted by molar-refractivity contribution is -0.221. The molecule has 4 N–H and O–H groups in total. The van der Waals surface area contributed by atoms with Gasteiger partial charge in [-0.1, -0.05) is 32.4 Å². The Kier molecular flexibility index (Phi) is 8.35. The largest absolute Gasteiger partial charge is 0.508 e. The summed E-state index contributed by atoms with van der Waals surface area (Å²) in [5.74, 6) is -2.52. The van der Waals surface area contributed by atoms with Gasteiger partial charge in [-0.15, -0.1) is 0 Å². The second-order valence-electron chi connectivity index (χ2n) is 8.97. The molecule has 3 rings (SSSR count). The third kappa shape index (κ3) is 5.78. The van der Waals surface area contributed by atoms with Gasteiger partial charge in [-0.05, 0) is 41.7 Å². The van der Waals surface area contributed by atoms with Crippen LogP contribution in [-0.4, -0.2) is 63.6 Å². The number of benzene rings is 1. The van der Waals surface area contributed by atoms with E-state index in [-0.39, 0.29) is 31.1 Å². The summed E-state index contributed by atoms with van der Waals surface area (Å²) >= 11 is 0. The van der Waals surface area contributed by atoms with Gasteiger partial charge in [-0.25, -0.2) is 4.79 Å². The number of aromatic hydroxyl groups is 1. The summed E-state index contributed by atoms with van der Waals surface area (Å²) in [7, 11) is 0. The Balaban J connectivity index is 1.72. The molecule has 1 aromatic rings. The van der Waals surface area contributed by atoms with Crippen LogP contribution in [0.15, 0.2) is 42.2 Å². The maximum atomic E-state index is 12.4. The maximum absolute atomic E-state index is 12.4. The molecule has 1 saturated carbocycles. The van der Waals surface area contributed by atoms with E-state index in [1.807, 2.05) is 13.8 Å². The van der Waals surface area contributed by atoms with E-state index >= 15 is 0 Å². The number of aliphatic hydroxyl groups is 3. The van der Waals surface area contributed by atoms with Gasteiger partial charge in [0.15, 0.2) is 0 Å². The molecule has 0 amide bonds. The van der Waals surface area contributed by atoms with Gasteiger partial charge in [-0.3, -0.25) is 4.79 Å². The summed E-state index contributed by atoms with van der Waals surface area (Å²) in [6.45, 7) is 2.95. The van der Waals surface area contributed by atoms with Gasteiger partial charge >= 0.3 is 11.9 Å². The molecule has 0 aromatic heterocycles. The number of carbonyl (C=O) groups excluding carboxylic acids is 2. The summed E-state index contributed by atoms with van der Waals surface area (Å²) in [5.41, 5.74) is -0.850. The first kappa shape index (κ1) is 25.7. The lowest BCUT2D eigenvalue weighted by atomic mass is 9.80. The summed E-state index contributed by atoms with van der Waals surface area (Å²) in [6, 6.07) is 6.17. The van der Waals surface area contributed by atoms with Gasteiger partial charge in [-0.2, -0.15) is 0 Å². The highest BCUT2D eigenvalue weighted by atomic mass is 16.7. The van der Waals surface area contributed by atoms with E-state index < -0.39 is 48.4 Å².